The van der Waals surface area contributed by atoms with E-state index in [1.54, 1.807) is 18.3 Å². The van der Waals surface area contributed by atoms with Gasteiger partial charge in [0.25, 0.3) is 5.91 Å². The first-order valence-corrected chi connectivity index (χ1v) is 6.02. The summed E-state index contributed by atoms with van der Waals surface area (Å²) in [4.78, 5) is 18.0. The van der Waals surface area contributed by atoms with E-state index < -0.39 is 0 Å². The number of hydrogen-bond donors (Lipinski definition) is 0. The van der Waals surface area contributed by atoms with E-state index >= 15 is 0 Å². The van der Waals surface area contributed by atoms with Crippen LogP contribution in [0.15, 0.2) is 34.6 Å². The van der Waals surface area contributed by atoms with Gasteiger partial charge in [0, 0.05) is 24.8 Å². The average Bonchev–Trinajstić information content (AvgIpc) is 2.28. The minimum atomic E-state index is 0.0792. The maximum Gasteiger partial charge on any atom is 0.254 e. The number of nitrogens with zero attached hydrogens (tertiary/aromatic N) is 2. The molecule has 0 aliphatic carbocycles. The highest BCUT2D eigenvalue weighted by molar-refractivity contribution is 9.10. The first-order chi connectivity index (χ1) is 7.66. The standard InChI is InChI=1S/C12H13BrN2O/c1-9-3-2-6-15(8-9)12(16)10-4-5-14-11(13)7-10/h3-5,7H,2,6,8H2,1H3. The molecule has 0 N–H and O–H groups in total. The minimum Gasteiger partial charge on any atom is -0.334 e. The van der Waals surface area contributed by atoms with Crippen molar-refractivity contribution in [1.82, 2.24) is 9.88 Å². The highest BCUT2D eigenvalue weighted by atomic mass is 79.9. The Bertz CT molecular complexity index is 442. The second kappa shape index (κ2) is 4.78. The molecule has 84 valence electrons. The minimum absolute atomic E-state index is 0.0792. The Labute approximate surface area is 103 Å². The SMILES string of the molecule is CC1=CCCN(C(=O)c2ccnc(Br)c2)C1. The summed E-state index contributed by atoms with van der Waals surface area (Å²) < 4.78 is 0.697. The molecule has 4 heteroatoms. The number of amides is 1. The fraction of sp³-hybridized carbons (Fsp3) is 0.333. The molecular weight excluding hydrogens is 268 g/mol. The summed E-state index contributed by atoms with van der Waals surface area (Å²) in [7, 11) is 0. The van der Waals surface area contributed by atoms with E-state index in [0.717, 1.165) is 19.5 Å². The third-order valence-corrected chi connectivity index (χ3v) is 3.03. The largest absolute Gasteiger partial charge is 0.334 e. The molecule has 1 aliphatic heterocycles. The summed E-state index contributed by atoms with van der Waals surface area (Å²) >= 11 is 3.27. The Morgan fingerprint density at radius 1 is 1.56 bits per heavy atom. The number of pyridine rings is 1. The number of rotatable bonds is 1. The molecule has 1 aromatic heterocycles. The van der Waals surface area contributed by atoms with Gasteiger partial charge in [0.05, 0.1) is 0 Å². The smallest absolute Gasteiger partial charge is 0.254 e. The summed E-state index contributed by atoms with van der Waals surface area (Å²) in [5.41, 5.74) is 1.95. The van der Waals surface area contributed by atoms with Crippen molar-refractivity contribution in [2.75, 3.05) is 13.1 Å². The Morgan fingerprint density at radius 2 is 2.38 bits per heavy atom. The van der Waals surface area contributed by atoms with Crippen molar-refractivity contribution in [3.05, 3.63) is 40.1 Å². The third-order valence-electron chi connectivity index (χ3n) is 2.59. The van der Waals surface area contributed by atoms with Gasteiger partial charge >= 0.3 is 0 Å². The molecule has 0 bridgehead atoms. The van der Waals surface area contributed by atoms with Gasteiger partial charge in [-0.05, 0) is 41.4 Å². The van der Waals surface area contributed by atoms with Crippen molar-refractivity contribution >= 4 is 21.8 Å². The van der Waals surface area contributed by atoms with Crippen LogP contribution in [0.25, 0.3) is 0 Å². The van der Waals surface area contributed by atoms with Crippen molar-refractivity contribution in [1.29, 1.82) is 0 Å². The molecule has 1 aliphatic rings. The van der Waals surface area contributed by atoms with Crippen molar-refractivity contribution in [3.8, 4) is 0 Å². The van der Waals surface area contributed by atoms with Crippen LogP contribution in [-0.4, -0.2) is 28.9 Å². The van der Waals surface area contributed by atoms with Crippen molar-refractivity contribution in [2.24, 2.45) is 0 Å². The Morgan fingerprint density at radius 3 is 3.06 bits per heavy atom. The van der Waals surface area contributed by atoms with Gasteiger partial charge in [-0.1, -0.05) is 11.6 Å². The van der Waals surface area contributed by atoms with Gasteiger partial charge in [-0.15, -0.1) is 0 Å². The van der Waals surface area contributed by atoms with Crippen molar-refractivity contribution in [3.63, 3.8) is 0 Å². The van der Waals surface area contributed by atoms with Gasteiger partial charge in [0.2, 0.25) is 0 Å². The molecule has 2 heterocycles. The van der Waals surface area contributed by atoms with Crippen molar-refractivity contribution < 1.29 is 4.79 Å². The molecule has 0 spiro atoms. The topological polar surface area (TPSA) is 33.2 Å². The van der Waals surface area contributed by atoms with E-state index in [1.807, 2.05) is 4.90 Å². The Balaban J connectivity index is 2.16. The predicted molar refractivity (Wildman–Crippen MR) is 66.2 cm³/mol. The Kier molecular flexibility index (Phi) is 3.39. The van der Waals surface area contributed by atoms with E-state index in [4.69, 9.17) is 0 Å². The lowest BCUT2D eigenvalue weighted by Crippen LogP contribution is -2.35. The molecule has 0 saturated heterocycles. The van der Waals surface area contributed by atoms with Gasteiger partial charge in [-0.2, -0.15) is 0 Å². The van der Waals surface area contributed by atoms with E-state index in [-0.39, 0.29) is 5.91 Å². The first kappa shape index (κ1) is 11.3. The second-order valence-corrected chi connectivity index (χ2v) is 4.75. The molecule has 16 heavy (non-hydrogen) atoms. The summed E-state index contributed by atoms with van der Waals surface area (Å²) in [5, 5.41) is 0. The molecule has 0 radical (unpaired) electrons. The number of hydrogen-bond acceptors (Lipinski definition) is 2. The normalized spacial score (nSPS) is 15.9. The average molecular weight is 281 g/mol. The highest BCUT2D eigenvalue weighted by Gasteiger charge is 2.18. The summed E-state index contributed by atoms with van der Waals surface area (Å²) in [5.74, 6) is 0.0792. The highest BCUT2D eigenvalue weighted by Crippen LogP contribution is 2.15. The van der Waals surface area contributed by atoms with Crippen LogP contribution in [0.4, 0.5) is 0 Å². The lowest BCUT2D eigenvalue weighted by atomic mass is 10.1. The van der Waals surface area contributed by atoms with Crippen LogP contribution in [0.1, 0.15) is 23.7 Å². The summed E-state index contributed by atoms with van der Waals surface area (Å²) in [6, 6.07) is 3.51. The molecule has 0 unspecified atom stereocenters. The van der Waals surface area contributed by atoms with Crippen LogP contribution in [0.2, 0.25) is 0 Å². The molecule has 0 atom stereocenters. The quantitative estimate of drug-likeness (QED) is 0.585. The molecule has 0 saturated carbocycles. The molecular formula is C12H13BrN2O. The maximum atomic E-state index is 12.1. The number of carbonyl (C=O) groups is 1. The third kappa shape index (κ3) is 2.50. The van der Waals surface area contributed by atoms with Crippen LogP contribution in [0.5, 0.6) is 0 Å². The van der Waals surface area contributed by atoms with Gasteiger partial charge in [-0.25, -0.2) is 4.98 Å². The van der Waals surface area contributed by atoms with Crippen LogP contribution in [-0.2, 0) is 0 Å². The lowest BCUT2D eigenvalue weighted by molar-refractivity contribution is 0.0766. The molecule has 2 rings (SSSR count). The van der Waals surface area contributed by atoms with E-state index in [0.29, 0.717) is 10.2 Å². The van der Waals surface area contributed by atoms with Crippen LogP contribution < -0.4 is 0 Å². The lowest BCUT2D eigenvalue weighted by Gasteiger charge is -2.26. The van der Waals surface area contributed by atoms with Gasteiger partial charge < -0.3 is 4.90 Å². The van der Waals surface area contributed by atoms with E-state index in [2.05, 4.69) is 33.9 Å². The number of carbonyl (C=O) groups excluding carboxylic acids is 1. The fourth-order valence-electron chi connectivity index (χ4n) is 1.80. The summed E-state index contributed by atoms with van der Waals surface area (Å²) in [6.45, 7) is 3.59. The molecule has 3 nitrogen and oxygen atoms in total. The zero-order valence-electron chi connectivity index (χ0n) is 9.11. The van der Waals surface area contributed by atoms with Gasteiger partial charge in [0.15, 0.2) is 0 Å². The van der Waals surface area contributed by atoms with Crippen LogP contribution in [0.3, 0.4) is 0 Å². The first-order valence-electron chi connectivity index (χ1n) is 5.23. The number of aromatic nitrogens is 1. The van der Waals surface area contributed by atoms with E-state index in [9.17, 15) is 4.79 Å². The van der Waals surface area contributed by atoms with Crippen LogP contribution >= 0.6 is 15.9 Å². The summed E-state index contributed by atoms with van der Waals surface area (Å²) in [6.07, 6.45) is 4.78. The second-order valence-electron chi connectivity index (χ2n) is 3.93. The molecule has 1 amide bonds. The molecule has 0 fully saturated rings. The Hall–Kier alpha value is -1.16. The van der Waals surface area contributed by atoms with Crippen LogP contribution in [0, 0.1) is 0 Å². The monoisotopic (exact) mass is 280 g/mol. The van der Waals surface area contributed by atoms with Gasteiger partial charge in [0.1, 0.15) is 4.60 Å². The zero-order valence-corrected chi connectivity index (χ0v) is 10.7. The number of halogens is 1. The van der Waals surface area contributed by atoms with E-state index in [1.165, 1.54) is 5.57 Å². The van der Waals surface area contributed by atoms with Crippen molar-refractivity contribution in [2.45, 2.75) is 13.3 Å². The predicted octanol–water partition coefficient (Wildman–Crippen LogP) is 2.64. The molecule has 0 aromatic carbocycles. The maximum absolute atomic E-state index is 12.1. The molecule has 1 aromatic rings. The van der Waals surface area contributed by atoms with Gasteiger partial charge in [-0.3, -0.25) is 4.79 Å². The fourth-order valence-corrected chi connectivity index (χ4v) is 2.17. The zero-order chi connectivity index (χ0) is 11.5.